The number of imide groups is 1. The summed E-state index contributed by atoms with van der Waals surface area (Å²) in [6, 6.07) is 1.19. The number of phenols is 1. The molecule has 2 amide bonds. The van der Waals surface area contributed by atoms with Crippen molar-refractivity contribution in [2.45, 2.75) is 37.5 Å². The average molecular weight is 412 g/mol. The van der Waals surface area contributed by atoms with E-state index in [1.54, 1.807) is 0 Å². The maximum absolute atomic E-state index is 12.4. The number of nitro groups is 1. The summed E-state index contributed by atoms with van der Waals surface area (Å²) in [5.74, 6) is -3.78. The van der Waals surface area contributed by atoms with Crippen molar-refractivity contribution < 1.29 is 37.1 Å². The first-order valence-electron chi connectivity index (χ1n) is 8.13. The zero-order chi connectivity index (χ0) is 21.1. The highest BCUT2D eigenvalue weighted by Crippen LogP contribution is 2.35. The lowest BCUT2D eigenvalue weighted by molar-refractivity contribution is -0.386. The van der Waals surface area contributed by atoms with E-state index in [4.69, 9.17) is 0 Å². The van der Waals surface area contributed by atoms with E-state index in [1.807, 2.05) is 6.92 Å². The third-order valence-corrected chi connectivity index (χ3v) is 4.96. The monoisotopic (exact) mass is 412 g/mol. The summed E-state index contributed by atoms with van der Waals surface area (Å²) in [5, 5.41) is 21.1. The fraction of sp³-hybridized carbons (Fsp3) is 0.312. The van der Waals surface area contributed by atoms with Gasteiger partial charge in [0.25, 0.3) is 11.8 Å². The van der Waals surface area contributed by atoms with Crippen molar-refractivity contribution in [3.05, 3.63) is 40.0 Å². The van der Waals surface area contributed by atoms with Crippen molar-refractivity contribution in [3.8, 4) is 5.75 Å². The number of unbranched alkanes of at least 4 members (excludes halogenated alkanes) is 2. The van der Waals surface area contributed by atoms with Crippen LogP contribution >= 0.6 is 0 Å². The topological polar surface area (TPSA) is 161 Å². The van der Waals surface area contributed by atoms with Crippen LogP contribution in [0.1, 0.15) is 43.0 Å². The summed E-state index contributed by atoms with van der Waals surface area (Å²) >= 11 is 0. The molecule has 0 unspecified atom stereocenters. The van der Waals surface area contributed by atoms with Crippen LogP contribution in [0.25, 0.3) is 0 Å². The molecule has 28 heavy (non-hydrogen) atoms. The molecule has 0 radical (unpaired) electrons. The maximum atomic E-state index is 12.4. The number of carbonyl (C=O) groups is 3. The third kappa shape index (κ3) is 4.40. The van der Waals surface area contributed by atoms with Gasteiger partial charge in [-0.1, -0.05) is 19.8 Å². The van der Waals surface area contributed by atoms with Gasteiger partial charge in [0.1, 0.15) is 4.90 Å². The summed E-state index contributed by atoms with van der Waals surface area (Å²) in [7, 11) is -4.89. The number of amides is 2. The number of nitro benzene ring substituents is 1. The van der Waals surface area contributed by atoms with E-state index in [0.29, 0.717) is 25.0 Å². The Bertz CT molecular complexity index is 964. The van der Waals surface area contributed by atoms with Crippen LogP contribution in [0, 0.1) is 10.1 Å². The van der Waals surface area contributed by atoms with Crippen LogP contribution in [-0.4, -0.2) is 41.1 Å². The number of hydrogen-bond donors (Lipinski definition) is 1. The first-order chi connectivity index (χ1) is 13.1. The minimum atomic E-state index is -4.89. The second kappa shape index (κ2) is 8.27. The molecule has 0 spiro atoms. The number of Topliss-reactive ketones (excluding diaryl/α,β-unsaturated/α-hetero) is 1. The largest absolute Gasteiger partial charge is 0.502 e. The molecule has 0 aromatic heterocycles. The zero-order valence-corrected chi connectivity index (χ0v) is 15.5. The predicted octanol–water partition coefficient (Wildman–Crippen LogP) is 1.61. The number of benzene rings is 1. The number of ketones is 1. The molecular weight excluding hydrogens is 396 g/mol. The predicted molar refractivity (Wildman–Crippen MR) is 92.5 cm³/mol. The Hall–Kier alpha value is -3.12. The van der Waals surface area contributed by atoms with Crippen molar-refractivity contribution in [2.75, 3.05) is 0 Å². The summed E-state index contributed by atoms with van der Waals surface area (Å²) in [4.78, 5) is 44.5. The van der Waals surface area contributed by atoms with Crippen LogP contribution in [0.4, 0.5) is 5.69 Å². The molecule has 2 rings (SSSR count). The molecular formula is C16H16N2O9S. The highest BCUT2D eigenvalue weighted by molar-refractivity contribution is 7.86. The maximum Gasteiger partial charge on any atom is 0.318 e. The molecule has 0 fully saturated rings. The molecule has 12 heteroatoms. The molecule has 150 valence electrons. The first kappa shape index (κ1) is 21.2. The van der Waals surface area contributed by atoms with Crippen LogP contribution < -0.4 is 0 Å². The van der Waals surface area contributed by atoms with Gasteiger partial charge in [-0.05, 0) is 12.5 Å². The molecule has 0 aliphatic carbocycles. The molecule has 0 saturated carbocycles. The minimum absolute atomic E-state index is 0.0449. The van der Waals surface area contributed by atoms with Gasteiger partial charge < -0.3 is 5.11 Å². The van der Waals surface area contributed by atoms with Crippen LogP contribution in [0.5, 0.6) is 5.75 Å². The second-order valence-corrected chi connectivity index (χ2v) is 7.34. The molecule has 0 saturated heterocycles. The Kier molecular flexibility index (Phi) is 6.26. The minimum Gasteiger partial charge on any atom is -0.502 e. The molecule has 11 nitrogen and oxygen atoms in total. The molecule has 1 N–H and O–H groups in total. The Morgan fingerprint density at radius 3 is 2.36 bits per heavy atom. The van der Waals surface area contributed by atoms with Gasteiger partial charge in [0.2, 0.25) is 5.75 Å². The quantitative estimate of drug-likeness (QED) is 0.209. The lowest BCUT2D eigenvalue weighted by atomic mass is 10.0. The zero-order valence-electron chi connectivity index (χ0n) is 14.7. The molecule has 1 aromatic carbocycles. The van der Waals surface area contributed by atoms with Crippen molar-refractivity contribution in [3.63, 3.8) is 0 Å². The average Bonchev–Trinajstić information content (AvgIpc) is 2.93. The number of hydrogen-bond acceptors (Lipinski definition) is 9. The Balaban J connectivity index is 2.45. The van der Waals surface area contributed by atoms with Crippen LogP contribution in [0.2, 0.25) is 0 Å². The van der Waals surface area contributed by atoms with E-state index < -0.39 is 54.5 Å². The van der Waals surface area contributed by atoms with Crippen molar-refractivity contribution >= 4 is 33.4 Å². The van der Waals surface area contributed by atoms with Gasteiger partial charge in [-0.2, -0.15) is 8.42 Å². The number of aromatic hydroxyl groups is 1. The van der Waals surface area contributed by atoms with Gasteiger partial charge in [-0.25, -0.2) is 0 Å². The van der Waals surface area contributed by atoms with E-state index in [-0.39, 0.29) is 11.5 Å². The van der Waals surface area contributed by atoms with Crippen molar-refractivity contribution in [1.29, 1.82) is 0 Å². The summed E-state index contributed by atoms with van der Waals surface area (Å²) < 4.78 is 29.2. The summed E-state index contributed by atoms with van der Waals surface area (Å²) in [6.07, 6.45) is 3.43. The number of carbonyl (C=O) groups excluding carboxylic acids is 3. The number of hydroxylamine groups is 2. The van der Waals surface area contributed by atoms with Crippen molar-refractivity contribution in [1.82, 2.24) is 5.06 Å². The smallest absolute Gasteiger partial charge is 0.318 e. The number of nitrogens with zero attached hydrogens (tertiary/aromatic N) is 2. The lowest BCUT2D eigenvalue weighted by Gasteiger charge is -2.14. The van der Waals surface area contributed by atoms with Gasteiger partial charge in [0, 0.05) is 24.6 Å². The van der Waals surface area contributed by atoms with Gasteiger partial charge >= 0.3 is 15.8 Å². The summed E-state index contributed by atoms with van der Waals surface area (Å²) in [6.45, 7) is 1.90. The highest BCUT2D eigenvalue weighted by Gasteiger charge is 2.34. The van der Waals surface area contributed by atoms with Gasteiger partial charge in [-0.15, -0.1) is 9.35 Å². The molecule has 1 aliphatic rings. The SMILES string of the molecule is CCCCCC(=O)c1cc(S(=O)(=O)ON2C(=O)C=CC2=O)cc([N+](=O)[O-])c1O. The molecule has 1 heterocycles. The second-order valence-electron chi connectivity index (χ2n) is 5.81. The molecule has 0 atom stereocenters. The van der Waals surface area contributed by atoms with Crippen molar-refractivity contribution in [2.24, 2.45) is 0 Å². The Morgan fingerprint density at radius 1 is 1.21 bits per heavy atom. The molecule has 1 aliphatic heterocycles. The van der Waals surface area contributed by atoms with E-state index in [9.17, 15) is 38.0 Å². The van der Waals surface area contributed by atoms with Crippen LogP contribution in [0.3, 0.4) is 0 Å². The standard InChI is InChI=1S/C16H16N2O9S/c1-2-3-4-5-13(19)11-8-10(9-12(16(11)22)18(23)24)28(25,26)27-17-14(20)6-7-15(17)21/h6-9,22H,2-5H2,1H3. The fourth-order valence-electron chi connectivity index (χ4n) is 2.36. The third-order valence-electron chi connectivity index (χ3n) is 3.80. The van der Waals surface area contributed by atoms with Crippen LogP contribution in [-0.2, 0) is 24.0 Å². The first-order valence-corrected chi connectivity index (χ1v) is 9.54. The molecule has 1 aromatic rings. The highest BCUT2D eigenvalue weighted by atomic mass is 32.2. The normalized spacial score (nSPS) is 14.0. The lowest BCUT2D eigenvalue weighted by Crippen LogP contribution is -2.32. The Morgan fingerprint density at radius 2 is 1.82 bits per heavy atom. The number of rotatable bonds is 9. The van der Waals surface area contributed by atoms with E-state index in [0.717, 1.165) is 18.6 Å². The van der Waals surface area contributed by atoms with Gasteiger partial charge in [0.15, 0.2) is 5.78 Å². The fourth-order valence-corrected chi connectivity index (χ4v) is 3.31. The van der Waals surface area contributed by atoms with E-state index >= 15 is 0 Å². The summed E-state index contributed by atoms with van der Waals surface area (Å²) in [5.41, 5.74) is -1.59. The molecule has 0 bridgehead atoms. The van der Waals surface area contributed by atoms with E-state index in [1.165, 1.54) is 0 Å². The van der Waals surface area contributed by atoms with E-state index in [2.05, 4.69) is 4.28 Å². The van der Waals surface area contributed by atoms with Gasteiger partial charge in [0.05, 0.1) is 10.5 Å². The number of phenolic OH excluding ortho intramolecular Hbond substituents is 1. The van der Waals surface area contributed by atoms with Crippen LogP contribution in [0.15, 0.2) is 29.2 Å². The Labute approximate surface area is 159 Å². The van der Waals surface area contributed by atoms with Gasteiger partial charge in [-0.3, -0.25) is 24.5 Å².